The zero-order valence-electron chi connectivity index (χ0n) is 17.0. The summed E-state index contributed by atoms with van der Waals surface area (Å²) in [6, 6.07) is 14.0. The Morgan fingerprint density at radius 2 is 1.97 bits per heavy atom. The highest BCUT2D eigenvalue weighted by Crippen LogP contribution is 2.41. The monoisotopic (exact) mass is 454 g/mol. The fourth-order valence-electron chi connectivity index (χ4n) is 4.02. The topological polar surface area (TPSA) is 89.1 Å². The highest BCUT2D eigenvalue weighted by molar-refractivity contribution is 5.98. The molecule has 1 aliphatic rings. The van der Waals surface area contributed by atoms with Crippen molar-refractivity contribution in [3.05, 3.63) is 83.8 Å². The third kappa shape index (κ3) is 3.95. The molecule has 1 atom stereocenters. The molecule has 0 saturated heterocycles. The van der Waals surface area contributed by atoms with Crippen molar-refractivity contribution in [1.82, 2.24) is 20.5 Å². The zero-order valence-corrected chi connectivity index (χ0v) is 17.0. The fourth-order valence-corrected chi connectivity index (χ4v) is 4.02. The van der Waals surface area contributed by atoms with Crippen LogP contribution in [0.1, 0.15) is 28.0 Å². The Kier molecular flexibility index (Phi) is 4.92. The average Bonchev–Trinajstić information content (AvgIpc) is 3.27. The first-order valence-corrected chi connectivity index (χ1v) is 10.0. The molecule has 5 rings (SSSR count). The number of ether oxygens (including phenoxy) is 2. The van der Waals surface area contributed by atoms with Gasteiger partial charge in [0.25, 0.3) is 5.91 Å². The van der Waals surface area contributed by atoms with E-state index in [2.05, 4.69) is 25.2 Å². The lowest BCUT2D eigenvalue weighted by molar-refractivity contribution is -0.274. The molecule has 2 aromatic heterocycles. The van der Waals surface area contributed by atoms with Gasteiger partial charge in [-0.2, -0.15) is 5.10 Å². The van der Waals surface area contributed by atoms with E-state index in [4.69, 9.17) is 4.74 Å². The van der Waals surface area contributed by atoms with E-state index in [0.717, 1.165) is 5.39 Å². The Morgan fingerprint density at radius 3 is 2.76 bits per heavy atom. The molecule has 0 fully saturated rings. The summed E-state index contributed by atoms with van der Waals surface area (Å²) in [5.74, 6) is -0.241. The summed E-state index contributed by atoms with van der Waals surface area (Å²) in [6.07, 6.45) is -1.24. The van der Waals surface area contributed by atoms with Crippen LogP contribution in [0.4, 0.5) is 13.2 Å². The van der Waals surface area contributed by atoms with Crippen molar-refractivity contribution in [2.75, 3.05) is 6.61 Å². The number of amides is 1. The maximum atomic E-state index is 13.3. The molecule has 0 radical (unpaired) electrons. The van der Waals surface area contributed by atoms with Crippen LogP contribution in [0.15, 0.2) is 67.0 Å². The fraction of sp³-hybridized carbons (Fsp3) is 0.174. The van der Waals surface area contributed by atoms with Gasteiger partial charge >= 0.3 is 6.36 Å². The molecule has 168 valence electrons. The van der Waals surface area contributed by atoms with Crippen molar-refractivity contribution in [3.63, 3.8) is 0 Å². The van der Waals surface area contributed by atoms with Gasteiger partial charge in [-0.05, 0) is 42.0 Å². The number of H-pyrrole nitrogens is 1. The number of carbonyl (C=O) groups is 1. The molecular weight excluding hydrogens is 437 g/mol. The quantitative estimate of drug-likeness (QED) is 0.480. The van der Waals surface area contributed by atoms with Crippen molar-refractivity contribution in [1.29, 1.82) is 0 Å². The molecule has 0 saturated carbocycles. The maximum Gasteiger partial charge on any atom is 0.573 e. The number of aromatic amines is 1. The molecule has 3 heterocycles. The van der Waals surface area contributed by atoms with E-state index in [1.54, 1.807) is 42.7 Å². The predicted octanol–water partition coefficient (Wildman–Crippen LogP) is 4.31. The van der Waals surface area contributed by atoms with Crippen LogP contribution in [0.2, 0.25) is 0 Å². The standard InChI is InChI=1S/C23H17F3N4O3/c24-23(25,26)33-17-7-5-16(6-8-17)22(9-11-32-19-2-1-10-27-20(19)22)29-21(31)14-3-4-15-13-28-30-18(15)12-14/h1-8,10,12-13H,9,11H2,(H,28,30)(H,29,31). The van der Waals surface area contributed by atoms with Crippen molar-refractivity contribution in [3.8, 4) is 11.5 Å². The van der Waals surface area contributed by atoms with Gasteiger partial charge < -0.3 is 14.8 Å². The molecule has 0 aliphatic carbocycles. The molecule has 1 amide bonds. The van der Waals surface area contributed by atoms with E-state index in [9.17, 15) is 18.0 Å². The lowest BCUT2D eigenvalue weighted by atomic mass is 9.81. The number of carbonyl (C=O) groups excluding carboxylic acids is 1. The number of benzene rings is 2. The van der Waals surface area contributed by atoms with Crippen LogP contribution in [0.5, 0.6) is 11.5 Å². The number of halogens is 3. The average molecular weight is 454 g/mol. The molecule has 7 nitrogen and oxygen atoms in total. The minimum absolute atomic E-state index is 0.277. The first kappa shape index (κ1) is 20.8. The lowest BCUT2D eigenvalue weighted by Gasteiger charge is -2.39. The van der Waals surface area contributed by atoms with Crippen LogP contribution < -0.4 is 14.8 Å². The zero-order chi connectivity index (χ0) is 23.1. The highest BCUT2D eigenvalue weighted by atomic mass is 19.4. The number of pyridine rings is 1. The van der Waals surface area contributed by atoms with Gasteiger partial charge in [0.15, 0.2) is 0 Å². The van der Waals surface area contributed by atoms with Crippen LogP contribution in [0.3, 0.4) is 0 Å². The molecule has 0 bridgehead atoms. The van der Waals surface area contributed by atoms with Gasteiger partial charge in [0.05, 0.1) is 18.3 Å². The summed E-state index contributed by atoms with van der Waals surface area (Å²) in [4.78, 5) is 17.8. The summed E-state index contributed by atoms with van der Waals surface area (Å²) in [6.45, 7) is 0.277. The van der Waals surface area contributed by atoms with E-state index < -0.39 is 11.9 Å². The second-order valence-electron chi connectivity index (χ2n) is 7.55. The molecule has 2 aromatic carbocycles. The number of fused-ring (bicyclic) bond motifs is 2. The minimum Gasteiger partial charge on any atom is -0.491 e. The van der Waals surface area contributed by atoms with Crippen molar-refractivity contribution < 1.29 is 27.4 Å². The van der Waals surface area contributed by atoms with E-state index in [-0.39, 0.29) is 18.3 Å². The Hall–Kier alpha value is -4.08. The number of aromatic nitrogens is 3. The normalized spacial score (nSPS) is 17.8. The summed E-state index contributed by atoms with van der Waals surface area (Å²) >= 11 is 0. The van der Waals surface area contributed by atoms with E-state index >= 15 is 0 Å². The first-order chi connectivity index (χ1) is 15.8. The number of nitrogens with one attached hydrogen (secondary N) is 2. The van der Waals surface area contributed by atoms with Crippen LogP contribution in [0.25, 0.3) is 10.9 Å². The minimum atomic E-state index is -4.80. The SMILES string of the molecule is O=C(NC1(c2ccc(OC(F)(F)F)cc2)CCOc2cccnc21)c1ccc2cn[nH]c2c1. The van der Waals surface area contributed by atoms with E-state index in [1.165, 1.54) is 24.3 Å². The first-order valence-electron chi connectivity index (χ1n) is 10.0. The largest absolute Gasteiger partial charge is 0.573 e. The van der Waals surface area contributed by atoms with Gasteiger partial charge in [-0.25, -0.2) is 0 Å². The summed E-state index contributed by atoms with van der Waals surface area (Å²) in [5.41, 5.74) is 1.00. The van der Waals surface area contributed by atoms with Gasteiger partial charge in [0.2, 0.25) is 0 Å². The molecule has 1 unspecified atom stereocenters. The van der Waals surface area contributed by atoms with Gasteiger partial charge in [-0.15, -0.1) is 13.2 Å². The number of hydrogen-bond donors (Lipinski definition) is 2. The molecule has 10 heteroatoms. The summed E-state index contributed by atoms with van der Waals surface area (Å²) in [5, 5.41) is 10.7. The number of hydrogen-bond acceptors (Lipinski definition) is 5. The summed E-state index contributed by atoms with van der Waals surface area (Å²) in [7, 11) is 0. The van der Waals surface area contributed by atoms with Crippen LogP contribution in [-0.2, 0) is 5.54 Å². The smallest absolute Gasteiger partial charge is 0.491 e. The lowest BCUT2D eigenvalue weighted by Crippen LogP contribution is -2.50. The maximum absolute atomic E-state index is 13.3. The Bertz CT molecular complexity index is 1320. The third-order valence-electron chi connectivity index (χ3n) is 5.52. The number of alkyl halides is 3. The van der Waals surface area contributed by atoms with E-state index in [1.807, 2.05) is 0 Å². The van der Waals surface area contributed by atoms with Crippen molar-refractivity contribution >= 4 is 16.8 Å². The van der Waals surface area contributed by atoms with Crippen molar-refractivity contribution in [2.45, 2.75) is 18.3 Å². The van der Waals surface area contributed by atoms with E-state index in [0.29, 0.717) is 34.5 Å². The molecule has 1 aliphatic heterocycles. The predicted molar refractivity (Wildman–Crippen MR) is 112 cm³/mol. The van der Waals surface area contributed by atoms with Crippen LogP contribution in [-0.4, -0.2) is 34.1 Å². The Labute approximate surface area is 185 Å². The summed E-state index contributed by atoms with van der Waals surface area (Å²) < 4.78 is 47.5. The van der Waals surface area contributed by atoms with Gasteiger partial charge in [-0.1, -0.05) is 18.2 Å². The third-order valence-corrected chi connectivity index (χ3v) is 5.52. The van der Waals surface area contributed by atoms with Crippen LogP contribution in [0, 0.1) is 0 Å². The number of rotatable bonds is 4. The second kappa shape index (κ2) is 7.80. The Morgan fingerprint density at radius 1 is 1.15 bits per heavy atom. The van der Waals surface area contributed by atoms with Crippen LogP contribution >= 0.6 is 0 Å². The molecule has 33 heavy (non-hydrogen) atoms. The van der Waals surface area contributed by atoms with Gasteiger partial charge in [-0.3, -0.25) is 14.9 Å². The second-order valence-corrected chi connectivity index (χ2v) is 7.55. The van der Waals surface area contributed by atoms with Crippen molar-refractivity contribution in [2.24, 2.45) is 0 Å². The van der Waals surface area contributed by atoms with Gasteiger partial charge in [0.1, 0.15) is 22.7 Å². The van der Waals surface area contributed by atoms with Gasteiger partial charge in [0, 0.05) is 23.6 Å². The Balaban J connectivity index is 1.56. The number of nitrogens with zero attached hydrogens (tertiary/aromatic N) is 2. The molecule has 4 aromatic rings. The molecular formula is C23H17F3N4O3. The highest BCUT2D eigenvalue weighted by Gasteiger charge is 2.42. The molecule has 2 N–H and O–H groups in total. The molecule has 0 spiro atoms.